The first-order chi connectivity index (χ1) is 7.29. The van der Waals surface area contributed by atoms with Crippen LogP contribution in [0.4, 0.5) is 0 Å². The van der Waals surface area contributed by atoms with Crippen LogP contribution in [0.2, 0.25) is 0 Å². The first-order valence-electron chi connectivity index (χ1n) is 5.58. The molecule has 80 valence electrons. The molecule has 0 amide bonds. The van der Waals surface area contributed by atoms with E-state index in [1.54, 1.807) is 0 Å². The maximum atomic E-state index is 4.37. The third-order valence-electron chi connectivity index (χ3n) is 2.94. The lowest BCUT2D eigenvalue weighted by molar-refractivity contribution is 0.439. The van der Waals surface area contributed by atoms with E-state index in [9.17, 15) is 0 Å². The lowest BCUT2D eigenvalue weighted by Gasteiger charge is -2.25. The Hall–Kier alpha value is -1.31. The molecule has 0 aliphatic carbocycles. The molecule has 0 fully saturated rings. The summed E-state index contributed by atoms with van der Waals surface area (Å²) in [5.74, 6) is 0.562. The Morgan fingerprint density at radius 1 is 1.47 bits per heavy atom. The average Bonchev–Trinajstić information content (AvgIpc) is 2.29. The molecule has 2 rings (SSSR count). The highest BCUT2D eigenvalue weighted by molar-refractivity contribution is 5.56. The molecule has 1 atom stereocenters. The van der Waals surface area contributed by atoms with Crippen LogP contribution in [0, 0.1) is 0 Å². The smallest absolute Gasteiger partial charge is 0.0847 e. The van der Waals surface area contributed by atoms with E-state index in [0.717, 1.165) is 19.5 Å². The highest BCUT2D eigenvalue weighted by Crippen LogP contribution is 2.20. The Kier molecular flexibility index (Phi) is 3.05. The summed E-state index contributed by atoms with van der Waals surface area (Å²) in [7, 11) is 2.08. The second kappa shape index (κ2) is 4.47. The molecule has 0 bridgehead atoms. The number of aryl methyl sites for hydroxylation is 1. The number of nitrogens with zero attached hydrogens (tertiary/aromatic N) is 2. The van der Waals surface area contributed by atoms with Gasteiger partial charge in [0.25, 0.3) is 0 Å². The van der Waals surface area contributed by atoms with Gasteiger partial charge in [0, 0.05) is 26.1 Å². The first kappa shape index (κ1) is 10.2. The van der Waals surface area contributed by atoms with Gasteiger partial charge < -0.3 is 4.90 Å². The van der Waals surface area contributed by atoms with Gasteiger partial charge in [-0.25, -0.2) is 0 Å². The molecule has 1 aromatic rings. The summed E-state index contributed by atoms with van der Waals surface area (Å²) in [6.45, 7) is 4.21. The van der Waals surface area contributed by atoms with Gasteiger partial charge in [-0.1, -0.05) is 31.2 Å². The molecule has 1 aliphatic rings. The molecule has 1 heterocycles. The van der Waals surface area contributed by atoms with Crippen molar-refractivity contribution in [3.05, 3.63) is 35.4 Å². The van der Waals surface area contributed by atoms with E-state index in [4.69, 9.17) is 0 Å². The van der Waals surface area contributed by atoms with Crippen molar-refractivity contribution in [2.24, 2.45) is 4.99 Å². The summed E-state index contributed by atoms with van der Waals surface area (Å²) >= 11 is 0. The first-order valence-corrected chi connectivity index (χ1v) is 5.58. The summed E-state index contributed by atoms with van der Waals surface area (Å²) in [5.41, 5.74) is 2.85. The van der Waals surface area contributed by atoms with Crippen LogP contribution in [0.5, 0.6) is 0 Å². The van der Waals surface area contributed by atoms with Crippen LogP contribution in [0.3, 0.4) is 0 Å². The van der Waals surface area contributed by atoms with E-state index < -0.39 is 0 Å². The zero-order valence-corrected chi connectivity index (χ0v) is 9.48. The fourth-order valence-electron chi connectivity index (χ4n) is 2.04. The van der Waals surface area contributed by atoms with Crippen molar-refractivity contribution < 1.29 is 0 Å². The van der Waals surface area contributed by atoms with Crippen molar-refractivity contribution in [3.63, 3.8) is 0 Å². The Morgan fingerprint density at radius 3 is 3.07 bits per heavy atom. The predicted molar refractivity (Wildman–Crippen MR) is 64.6 cm³/mol. The van der Waals surface area contributed by atoms with Gasteiger partial charge in [0.2, 0.25) is 0 Å². The van der Waals surface area contributed by atoms with Crippen LogP contribution < -0.4 is 0 Å². The Balaban J connectivity index is 2.18. The van der Waals surface area contributed by atoms with E-state index >= 15 is 0 Å². The minimum absolute atomic E-state index is 0.562. The van der Waals surface area contributed by atoms with Crippen molar-refractivity contribution in [3.8, 4) is 0 Å². The van der Waals surface area contributed by atoms with Crippen molar-refractivity contribution in [2.45, 2.75) is 19.3 Å². The second-order valence-electron chi connectivity index (χ2n) is 4.22. The highest BCUT2D eigenvalue weighted by Gasteiger charge is 2.15. The van der Waals surface area contributed by atoms with Gasteiger partial charge >= 0.3 is 0 Å². The molecule has 2 nitrogen and oxygen atoms in total. The van der Waals surface area contributed by atoms with Crippen LogP contribution in [0.1, 0.15) is 24.0 Å². The van der Waals surface area contributed by atoms with Crippen LogP contribution in [-0.4, -0.2) is 31.4 Å². The minimum Gasteiger partial charge on any atom is -0.365 e. The Labute approximate surface area is 91.6 Å². The molecule has 1 unspecified atom stereocenters. The summed E-state index contributed by atoms with van der Waals surface area (Å²) in [4.78, 5) is 6.53. The van der Waals surface area contributed by atoms with Crippen LogP contribution in [-0.2, 0) is 6.42 Å². The van der Waals surface area contributed by atoms with Crippen molar-refractivity contribution in [1.82, 2.24) is 4.90 Å². The number of hydrogen-bond acceptors (Lipinski definition) is 2. The largest absolute Gasteiger partial charge is 0.365 e. The summed E-state index contributed by atoms with van der Waals surface area (Å²) in [6.07, 6.45) is 3.04. The SMILES string of the molecule is CCc1cccc(C2CN=CN(C)C2)c1. The molecule has 0 saturated heterocycles. The standard InChI is InChI=1S/C13H18N2/c1-3-11-5-4-6-12(7-11)13-8-14-10-15(2)9-13/h4-7,10,13H,3,8-9H2,1-2H3. The molecule has 15 heavy (non-hydrogen) atoms. The van der Waals surface area contributed by atoms with Gasteiger partial charge in [0.1, 0.15) is 0 Å². The van der Waals surface area contributed by atoms with E-state index in [2.05, 4.69) is 48.1 Å². The van der Waals surface area contributed by atoms with Gasteiger partial charge in [-0.2, -0.15) is 0 Å². The zero-order valence-electron chi connectivity index (χ0n) is 9.48. The molecule has 0 N–H and O–H groups in total. The maximum absolute atomic E-state index is 4.37. The molecular weight excluding hydrogens is 184 g/mol. The number of hydrogen-bond donors (Lipinski definition) is 0. The quantitative estimate of drug-likeness (QED) is 0.718. The molecule has 1 aromatic carbocycles. The summed E-state index contributed by atoms with van der Waals surface area (Å²) in [5, 5.41) is 0. The van der Waals surface area contributed by atoms with Crippen molar-refractivity contribution in [2.75, 3.05) is 20.1 Å². The van der Waals surface area contributed by atoms with Crippen LogP contribution in [0.15, 0.2) is 29.3 Å². The Bertz CT molecular complexity index is 357. The van der Waals surface area contributed by atoms with Crippen LogP contribution >= 0.6 is 0 Å². The zero-order chi connectivity index (χ0) is 10.7. The molecular formula is C13H18N2. The van der Waals surface area contributed by atoms with Gasteiger partial charge in [0.05, 0.1) is 6.34 Å². The van der Waals surface area contributed by atoms with E-state index in [0.29, 0.717) is 5.92 Å². The van der Waals surface area contributed by atoms with E-state index in [1.165, 1.54) is 11.1 Å². The Morgan fingerprint density at radius 2 is 2.33 bits per heavy atom. The second-order valence-corrected chi connectivity index (χ2v) is 4.22. The third-order valence-corrected chi connectivity index (χ3v) is 2.94. The lowest BCUT2D eigenvalue weighted by atomic mass is 9.95. The normalized spacial score (nSPS) is 20.7. The maximum Gasteiger partial charge on any atom is 0.0847 e. The highest BCUT2D eigenvalue weighted by atomic mass is 15.1. The van der Waals surface area contributed by atoms with Gasteiger partial charge in [-0.3, -0.25) is 4.99 Å². The fourth-order valence-corrected chi connectivity index (χ4v) is 2.04. The number of likely N-dealkylation sites (N-methyl/N-ethyl adjacent to an activating group) is 1. The fraction of sp³-hybridized carbons (Fsp3) is 0.462. The van der Waals surface area contributed by atoms with Gasteiger partial charge in [0.15, 0.2) is 0 Å². The lowest BCUT2D eigenvalue weighted by Crippen LogP contribution is -2.29. The molecule has 2 heteroatoms. The van der Waals surface area contributed by atoms with Crippen LogP contribution in [0.25, 0.3) is 0 Å². The van der Waals surface area contributed by atoms with E-state index in [-0.39, 0.29) is 0 Å². The third kappa shape index (κ3) is 2.38. The summed E-state index contributed by atoms with van der Waals surface area (Å²) < 4.78 is 0. The summed E-state index contributed by atoms with van der Waals surface area (Å²) in [6, 6.07) is 8.89. The number of benzene rings is 1. The monoisotopic (exact) mass is 202 g/mol. The van der Waals surface area contributed by atoms with E-state index in [1.807, 2.05) is 6.34 Å². The minimum atomic E-state index is 0.562. The number of aliphatic imine (C=N–C) groups is 1. The number of rotatable bonds is 2. The molecule has 0 spiro atoms. The average molecular weight is 202 g/mol. The topological polar surface area (TPSA) is 15.6 Å². The predicted octanol–water partition coefficient (Wildman–Crippen LogP) is 2.31. The van der Waals surface area contributed by atoms with Gasteiger partial charge in [-0.05, 0) is 17.5 Å². The molecule has 0 saturated carbocycles. The van der Waals surface area contributed by atoms with Crippen molar-refractivity contribution in [1.29, 1.82) is 0 Å². The van der Waals surface area contributed by atoms with Crippen molar-refractivity contribution >= 4 is 6.34 Å². The molecule has 0 aromatic heterocycles. The molecule has 1 aliphatic heterocycles. The van der Waals surface area contributed by atoms with Gasteiger partial charge in [-0.15, -0.1) is 0 Å². The molecule has 0 radical (unpaired) electrons.